The zero-order valence-corrected chi connectivity index (χ0v) is 18.1. The molecule has 3 aromatic rings. The van der Waals surface area contributed by atoms with Crippen molar-refractivity contribution in [2.24, 2.45) is 0 Å². The predicted molar refractivity (Wildman–Crippen MR) is 123 cm³/mol. The molecule has 164 valence electrons. The molecule has 0 radical (unpaired) electrons. The summed E-state index contributed by atoms with van der Waals surface area (Å²) in [6.45, 7) is 4.26. The lowest BCUT2D eigenvalue weighted by Crippen LogP contribution is -2.45. The molecule has 1 atom stereocenters. The van der Waals surface area contributed by atoms with Gasteiger partial charge in [-0.1, -0.05) is 12.1 Å². The molecular formula is C24H26N6O2. The van der Waals surface area contributed by atoms with Gasteiger partial charge in [0.15, 0.2) is 11.9 Å². The van der Waals surface area contributed by atoms with Gasteiger partial charge in [-0.05, 0) is 42.4 Å². The minimum absolute atomic E-state index is 0.0448. The number of benzene rings is 1. The minimum Gasteiger partial charge on any atom is -0.462 e. The van der Waals surface area contributed by atoms with Crippen LogP contribution in [0.1, 0.15) is 6.42 Å². The molecular weight excluding hydrogens is 404 g/mol. The molecule has 2 saturated heterocycles. The molecule has 2 aliphatic heterocycles. The Kier molecular flexibility index (Phi) is 5.68. The molecule has 8 nitrogen and oxygen atoms in total. The molecule has 0 saturated carbocycles. The largest absolute Gasteiger partial charge is 0.462 e. The van der Waals surface area contributed by atoms with Gasteiger partial charge < -0.3 is 19.4 Å². The highest BCUT2D eigenvalue weighted by Crippen LogP contribution is 2.30. The van der Waals surface area contributed by atoms with Crippen LogP contribution in [0.5, 0.6) is 5.88 Å². The Bertz CT molecular complexity index is 1070. The summed E-state index contributed by atoms with van der Waals surface area (Å²) in [7, 11) is 2.11. The van der Waals surface area contributed by atoms with Gasteiger partial charge in [-0.25, -0.2) is 9.97 Å². The van der Waals surface area contributed by atoms with Crippen LogP contribution in [-0.2, 0) is 4.79 Å². The molecule has 1 unspecified atom stereocenters. The first-order valence-corrected chi connectivity index (χ1v) is 10.9. The maximum atomic E-state index is 13.1. The van der Waals surface area contributed by atoms with Crippen molar-refractivity contribution in [3.63, 3.8) is 0 Å². The summed E-state index contributed by atoms with van der Waals surface area (Å²) in [5.41, 5.74) is 3.06. The zero-order valence-electron chi connectivity index (χ0n) is 18.1. The normalized spacial score (nSPS) is 19.4. The average molecular weight is 431 g/mol. The lowest BCUT2D eigenvalue weighted by atomic mass is 10.1. The molecule has 8 heteroatoms. The van der Waals surface area contributed by atoms with Crippen LogP contribution in [-0.4, -0.2) is 71.6 Å². The SMILES string of the molecule is CN1CCN(c2nccnc2OC2CCN(c3ccc(-c4ccncc4)cc3)C2=O)CC1. The van der Waals surface area contributed by atoms with E-state index in [0.717, 1.165) is 43.0 Å². The number of ether oxygens (including phenoxy) is 1. The molecule has 0 aliphatic carbocycles. The number of rotatable bonds is 5. The molecule has 2 aliphatic rings. The number of nitrogens with zero attached hydrogens (tertiary/aromatic N) is 6. The number of hydrogen-bond acceptors (Lipinski definition) is 7. The Balaban J connectivity index is 1.29. The predicted octanol–water partition coefficient (Wildman–Crippen LogP) is 2.47. The number of carbonyl (C=O) groups is 1. The van der Waals surface area contributed by atoms with Crippen LogP contribution in [0.3, 0.4) is 0 Å². The summed E-state index contributed by atoms with van der Waals surface area (Å²) in [4.78, 5) is 32.3. The lowest BCUT2D eigenvalue weighted by molar-refractivity contribution is -0.123. The average Bonchev–Trinajstić information content (AvgIpc) is 3.20. The fourth-order valence-electron chi connectivity index (χ4n) is 4.17. The number of anilines is 2. The summed E-state index contributed by atoms with van der Waals surface area (Å²) < 4.78 is 6.12. The van der Waals surface area contributed by atoms with E-state index in [0.29, 0.717) is 24.7 Å². The standard InChI is InChI=1S/C24H26N6O2/c1-28-14-16-29(17-15-28)22-23(27-12-11-26-22)32-21-8-13-30(24(21)31)20-4-2-18(3-5-20)19-6-9-25-10-7-19/h2-7,9-12,21H,8,13-17H2,1H3. The Morgan fingerprint density at radius 2 is 1.53 bits per heavy atom. The van der Waals surface area contributed by atoms with E-state index in [1.807, 2.05) is 36.4 Å². The maximum absolute atomic E-state index is 13.1. The molecule has 4 heterocycles. The number of pyridine rings is 1. The molecule has 0 spiro atoms. The van der Waals surface area contributed by atoms with E-state index >= 15 is 0 Å². The topological polar surface area (TPSA) is 74.7 Å². The molecule has 0 N–H and O–H groups in total. The highest BCUT2D eigenvalue weighted by atomic mass is 16.5. The number of aromatic nitrogens is 3. The molecule has 2 fully saturated rings. The summed E-state index contributed by atoms with van der Waals surface area (Å²) in [6.07, 6.45) is 6.90. The Labute approximate surface area is 187 Å². The van der Waals surface area contributed by atoms with Gasteiger partial charge in [0.2, 0.25) is 0 Å². The molecule has 1 aromatic carbocycles. The second-order valence-corrected chi connectivity index (χ2v) is 8.14. The number of carbonyl (C=O) groups excluding carboxylic acids is 1. The second kappa shape index (κ2) is 8.92. The second-order valence-electron chi connectivity index (χ2n) is 8.14. The summed E-state index contributed by atoms with van der Waals surface area (Å²) in [5.74, 6) is 1.11. The van der Waals surface area contributed by atoms with Crippen LogP contribution in [0.2, 0.25) is 0 Å². The van der Waals surface area contributed by atoms with Gasteiger partial charge in [-0.3, -0.25) is 9.78 Å². The number of amides is 1. The lowest BCUT2D eigenvalue weighted by Gasteiger charge is -2.33. The number of likely N-dealkylation sites (N-methyl/N-ethyl adjacent to an activating group) is 1. The van der Waals surface area contributed by atoms with Gasteiger partial charge >= 0.3 is 0 Å². The van der Waals surface area contributed by atoms with Crippen molar-refractivity contribution in [3.05, 3.63) is 61.2 Å². The van der Waals surface area contributed by atoms with Crippen LogP contribution < -0.4 is 14.5 Å². The van der Waals surface area contributed by atoms with Crippen LogP contribution >= 0.6 is 0 Å². The van der Waals surface area contributed by atoms with Crippen molar-refractivity contribution in [2.75, 3.05) is 49.6 Å². The molecule has 32 heavy (non-hydrogen) atoms. The monoisotopic (exact) mass is 430 g/mol. The molecule has 5 rings (SSSR count). The Morgan fingerprint density at radius 1 is 0.844 bits per heavy atom. The van der Waals surface area contributed by atoms with E-state index in [-0.39, 0.29) is 5.91 Å². The van der Waals surface area contributed by atoms with Crippen molar-refractivity contribution < 1.29 is 9.53 Å². The van der Waals surface area contributed by atoms with Crippen LogP contribution in [0.15, 0.2) is 61.2 Å². The van der Waals surface area contributed by atoms with Crippen LogP contribution in [0.25, 0.3) is 11.1 Å². The van der Waals surface area contributed by atoms with Gasteiger partial charge in [-0.2, -0.15) is 0 Å². The van der Waals surface area contributed by atoms with Crippen LogP contribution in [0.4, 0.5) is 11.5 Å². The maximum Gasteiger partial charge on any atom is 0.268 e. The van der Waals surface area contributed by atoms with E-state index in [2.05, 4.69) is 31.8 Å². The Hall–Kier alpha value is -3.52. The highest BCUT2D eigenvalue weighted by Gasteiger charge is 2.35. The van der Waals surface area contributed by atoms with Gasteiger partial charge in [0.05, 0.1) is 0 Å². The first-order chi connectivity index (χ1) is 15.7. The van der Waals surface area contributed by atoms with E-state index in [1.165, 1.54) is 0 Å². The number of piperazine rings is 1. The van der Waals surface area contributed by atoms with Gasteiger partial charge in [-0.15, -0.1) is 0 Å². The first kappa shape index (κ1) is 20.4. The van der Waals surface area contributed by atoms with Crippen molar-refractivity contribution in [1.82, 2.24) is 19.9 Å². The molecule has 0 bridgehead atoms. The quantitative estimate of drug-likeness (QED) is 0.616. The van der Waals surface area contributed by atoms with Crippen LogP contribution in [0, 0.1) is 0 Å². The van der Waals surface area contributed by atoms with Crippen molar-refractivity contribution >= 4 is 17.4 Å². The van der Waals surface area contributed by atoms with Gasteiger partial charge in [0, 0.05) is 69.6 Å². The minimum atomic E-state index is -0.558. The summed E-state index contributed by atoms with van der Waals surface area (Å²) in [6, 6.07) is 12.0. The third kappa shape index (κ3) is 4.13. The van der Waals surface area contributed by atoms with Gasteiger partial charge in [0.1, 0.15) is 0 Å². The third-order valence-corrected chi connectivity index (χ3v) is 6.05. The van der Waals surface area contributed by atoms with Crippen molar-refractivity contribution in [3.8, 4) is 17.0 Å². The fourth-order valence-corrected chi connectivity index (χ4v) is 4.17. The smallest absolute Gasteiger partial charge is 0.268 e. The molecule has 2 aromatic heterocycles. The highest BCUT2D eigenvalue weighted by molar-refractivity contribution is 5.99. The Morgan fingerprint density at radius 3 is 2.28 bits per heavy atom. The fraction of sp³-hybridized carbons (Fsp3) is 0.333. The van der Waals surface area contributed by atoms with E-state index in [9.17, 15) is 4.79 Å². The third-order valence-electron chi connectivity index (χ3n) is 6.05. The van der Waals surface area contributed by atoms with Crippen molar-refractivity contribution in [1.29, 1.82) is 0 Å². The first-order valence-electron chi connectivity index (χ1n) is 10.9. The van der Waals surface area contributed by atoms with E-state index < -0.39 is 6.10 Å². The van der Waals surface area contributed by atoms with Gasteiger partial charge in [0.25, 0.3) is 11.8 Å². The van der Waals surface area contributed by atoms with E-state index in [4.69, 9.17) is 4.74 Å². The number of hydrogen-bond donors (Lipinski definition) is 0. The van der Waals surface area contributed by atoms with Crippen molar-refractivity contribution in [2.45, 2.75) is 12.5 Å². The molecule has 1 amide bonds. The van der Waals surface area contributed by atoms with E-state index in [1.54, 1.807) is 29.7 Å². The summed E-state index contributed by atoms with van der Waals surface area (Å²) in [5, 5.41) is 0. The zero-order chi connectivity index (χ0) is 21.9. The summed E-state index contributed by atoms with van der Waals surface area (Å²) >= 11 is 0.